The summed E-state index contributed by atoms with van der Waals surface area (Å²) in [5.74, 6) is -0.979. The van der Waals surface area contributed by atoms with Gasteiger partial charge in [-0.3, -0.25) is 10.0 Å². The number of urea groups is 1. The molecule has 2 aromatic carbocycles. The van der Waals surface area contributed by atoms with Crippen LogP contribution in [-0.4, -0.2) is 45.3 Å². The van der Waals surface area contributed by atoms with Crippen molar-refractivity contribution in [2.24, 2.45) is 0 Å². The fourth-order valence-corrected chi connectivity index (χ4v) is 3.81. The Balaban J connectivity index is 1.89. The molecule has 0 aromatic heterocycles. The molecule has 0 aliphatic heterocycles. The Labute approximate surface area is 178 Å². The van der Waals surface area contributed by atoms with Crippen LogP contribution in [0, 0.1) is 5.82 Å². The third kappa shape index (κ3) is 7.51. The van der Waals surface area contributed by atoms with Crippen molar-refractivity contribution >= 4 is 27.6 Å². The van der Waals surface area contributed by atoms with Gasteiger partial charge in [-0.15, -0.1) is 0 Å². The third-order valence-electron chi connectivity index (χ3n) is 4.13. The predicted octanol–water partition coefficient (Wildman–Crippen LogP) is 1.59. The molecule has 1 atom stereocenters. The molecule has 31 heavy (non-hydrogen) atoms. The number of hydroxylamine groups is 1. The van der Waals surface area contributed by atoms with E-state index >= 15 is 0 Å². The molecule has 2 aromatic rings. The topological polar surface area (TPSA) is 146 Å². The summed E-state index contributed by atoms with van der Waals surface area (Å²) in [5, 5.41) is 13.9. The molecule has 0 saturated carbocycles. The first-order chi connectivity index (χ1) is 14.7. The number of sulfonamides is 1. The lowest BCUT2D eigenvalue weighted by Gasteiger charge is -2.17. The molecule has 0 heterocycles. The van der Waals surface area contributed by atoms with Gasteiger partial charge in [-0.2, -0.15) is 4.72 Å². The van der Waals surface area contributed by atoms with Gasteiger partial charge in [0.15, 0.2) is 0 Å². The van der Waals surface area contributed by atoms with Crippen LogP contribution in [0.2, 0.25) is 0 Å². The number of methoxy groups -OCH3 is 1. The van der Waals surface area contributed by atoms with Crippen LogP contribution in [0.3, 0.4) is 0 Å². The molecule has 10 nitrogen and oxygen atoms in total. The second-order valence-electron chi connectivity index (χ2n) is 6.36. The maximum Gasteiger partial charge on any atom is 0.319 e. The van der Waals surface area contributed by atoms with Gasteiger partial charge in [0, 0.05) is 12.2 Å². The zero-order valence-electron chi connectivity index (χ0n) is 16.6. The monoisotopic (exact) mass is 454 g/mol. The van der Waals surface area contributed by atoms with Gasteiger partial charge >= 0.3 is 6.03 Å². The Kier molecular flexibility index (Phi) is 8.73. The number of rotatable bonds is 10. The Morgan fingerprint density at radius 3 is 2.48 bits per heavy atom. The Hall–Kier alpha value is -3.22. The molecule has 5 N–H and O–H groups in total. The number of amides is 3. The zero-order valence-corrected chi connectivity index (χ0v) is 17.4. The van der Waals surface area contributed by atoms with Gasteiger partial charge in [0.05, 0.1) is 12.0 Å². The number of benzene rings is 2. The van der Waals surface area contributed by atoms with E-state index in [2.05, 4.69) is 15.4 Å². The van der Waals surface area contributed by atoms with Crippen molar-refractivity contribution in [1.29, 1.82) is 0 Å². The second-order valence-corrected chi connectivity index (χ2v) is 8.07. The standard InChI is InChI=1S/C19H23FN4O6S/c1-30-15-7-9-16(10-8-15)31(28,29)24-17(18(25)23-27)6-3-11-21-19(26)22-14-5-2-4-13(20)12-14/h2,4-5,7-10,12,17,24,27H,3,6,11H2,1H3,(H,23,25)(H2,21,22,26)/t17-/m0/s1. The maximum absolute atomic E-state index is 13.1. The largest absolute Gasteiger partial charge is 0.497 e. The fraction of sp³-hybridized carbons (Fsp3) is 0.263. The predicted molar refractivity (Wildman–Crippen MR) is 110 cm³/mol. The van der Waals surface area contributed by atoms with Gasteiger partial charge in [-0.1, -0.05) is 6.07 Å². The second kappa shape index (κ2) is 11.2. The van der Waals surface area contributed by atoms with E-state index in [4.69, 9.17) is 9.94 Å². The lowest BCUT2D eigenvalue weighted by Crippen LogP contribution is -2.46. The van der Waals surface area contributed by atoms with E-state index in [0.717, 1.165) is 6.07 Å². The molecule has 0 unspecified atom stereocenters. The van der Waals surface area contributed by atoms with Crippen molar-refractivity contribution < 1.29 is 32.3 Å². The van der Waals surface area contributed by atoms with E-state index in [-0.39, 0.29) is 30.0 Å². The highest BCUT2D eigenvalue weighted by molar-refractivity contribution is 7.89. The average Bonchev–Trinajstić information content (AvgIpc) is 2.75. The van der Waals surface area contributed by atoms with Crippen molar-refractivity contribution in [2.45, 2.75) is 23.8 Å². The molecule has 0 bridgehead atoms. The van der Waals surface area contributed by atoms with Crippen molar-refractivity contribution in [3.8, 4) is 5.75 Å². The summed E-state index contributed by atoms with van der Waals surface area (Å²) in [6.07, 6.45) is 0.196. The maximum atomic E-state index is 13.1. The first kappa shape index (κ1) is 24.1. The van der Waals surface area contributed by atoms with E-state index in [1.165, 1.54) is 55.1 Å². The molecule has 0 spiro atoms. The summed E-state index contributed by atoms with van der Waals surface area (Å²) in [5.41, 5.74) is 1.69. The minimum atomic E-state index is -4.05. The molecule has 0 fully saturated rings. The Morgan fingerprint density at radius 2 is 1.87 bits per heavy atom. The normalized spacial score (nSPS) is 12.0. The molecule has 0 aliphatic rings. The molecule has 168 valence electrons. The lowest BCUT2D eigenvalue weighted by atomic mass is 10.1. The zero-order chi connectivity index (χ0) is 22.9. The van der Waals surface area contributed by atoms with E-state index in [1.807, 2.05) is 0 Å². The Morgan fingerprint density at radius 1 is 1.16 bits per heavy atom. The number of carbonyl (C=O) groups is 2. The molecular weight excluding hydrogens is 431 g/mol. The number of nitrogens with one attached hydrogen (secondary N) is 4. The average molecular weight is 454 g/mol. The van der Waals surface area contributed by atoms with E-state index in [1.54, 1.807) is 0 Å². The molecule has 3 amide bonds. The summed E-state index contributed by atoms with van der Waals surface area (Å²) in [6, 6.07) is 9.01. The van der Waals surface area contributed by atoms with Gasteiger partial charge in [-0.05, 0) is 55.3 Å². The van der Waals surface area contributed by atoms with Crippen LogP contribution >= 0.6 is 0 Å². The van der Waals surface area contributed by atoms with Crippen LogP contribution in [0.5, 0.6) is 5.75 Å². The van der Waals surface area contributed by atoms with E-state index in [0.29, 0.717) is 5.75 Å². The highest BCUT2D eigenvalue weighted by atomic mass is 32.2. The molecule has 0 saturated heterocycles. The van der Waals surface area contributed by atoms with Crippen molar-refractivity contribution in [1.82, 2.24) is 15.5 Å². The molecule has 0 aliphatic carbocycles. The number of ether oxygens (including phenoxy) is 1. The smallest absolute Gasteiger partial charge is 0.319 e. The summed E-state index contributed by atoms with van der Waals surface area (Å²) >= 11 is 0. The third-order valence-corrected chi connectivity index (χ3v) is 5.62. The fourth-order valence-electron chi connectivity index (χ4n) is 2.58. The van der Waals surface area contributed by atoms with Crippen LogP contribution in [-0.2, 0) is 14.8 Å². The number of anilines is 1. The lowest BCUT2D eigenvalue weighted by molar-refractivity contribution is -0.131. The van der Waals surface area contributed by atoms with Crippen LogP contribution in [0.25, 0.3) is 0 Å². The summed E-state index contributed by atoms with van der Waals surface area (Å²) in [4.78, 5) is 23.6. The van der Waals surface area contributed by atoms with Gasteiger partial charge in [-0.25, -0.2) is 23.1 Å². The van der Waals surface area contributed by atoms with Gasteiger partial charge in [0.1, 0.15) is 17.6 Å². The van der Waals surface area contributed by atoms with E-state index in [9.17, 15) is 22.4 Å². The molecule has 2 rings (SSSR count). The molecular formula is C19H23FN4O6S. The minimum Gasteiger partial charge on any atom is -0.497 e. The van der Waals surface area contributed by atoms with Gasteiger partial charge < -0.3 is 15.4 Å². The van der Waals surface area contributed by atoms with Crippen LogP contribution in [0.4, 0.5) is 14.9 Å². The first-order valence-corrected chi connectivity index (χ1v) is 10.6. The number of hydrogen-bond donors (Lipinski definition) is 5. The quantitative estimate of drug-likeness (QED) is 0.209. The highest BCUT2D eigenvalue weighted by Gasteiger charge is 2.25. The summed E-state index contributed by atoms with van der Waals surface area (Å²) in [6.45, 7) is 0.0978. The Bertz CT molecular complexity index is 1000. The van der Waals surface area contributed by atoms with Gasteiger partial charge in [0.2, 0.25) is 10.0 Å². The van der Waals surface area contributed by atoms with Crippen LogP contribution < -0.4 is 25.6 Å². The van der Waals surface area contributed by atoms with E-state index < -0.39 is 33.8 Å². The molecule has 12 heteroatoms. The van der Waals surface area contributed by atoms with Crippen molar-refractivity contribution in [3.05, 3.63) is 54.3 Å². The highest BCUT2D eigenvalue weighted by Crippen LogP contribution is 2.16. The summed E-state index contributed by atoms with van der Waals surface area (Å²) < 4.78 is 45.3. The first-order valence-electron chi connectivity index (χ1n) is 9.16. The van der Waals surface area contributed by atoms with Crippen LogP contribution in [0.1, 0.15) is 12.8 Å². The van der Waals surface area contributed by atoms with Crippen LogP contribution in [0.15, 0.2) is 53.4 Å². The minimum absolute atomic E-state index is 0.0119. The van der Waals surface area contributed by atoms with Crippen molar-refractivity contribution in [2.75, 3.05) is 19.0 Å². The van der Waals surface area contributed by atoms with Gasteiger partial charge in [0.25, 0.3) is 5.91 Å². The number of carbonyl (C=O) groups excluding carboxylic acids is 2. The number of hydrogen-bond acceptors (Lipinski definition) is 6. The SMILES string of the molecule is COc1ccc(S(=O)(=O)N[C@@H](CCCNC(=O)Nc2cccc(F)c2)C(=O)NO)cc1. The molecule has 0 radical (unpaired) electrons. The summed E-state index contributed by atoms with van der Waals surface area (Å²) in [7, 11) is -2.61. The number of halogens is 1. The van der Waals surface area contributed by atoms with Crippen molar-refractivity contribution in [3.63, 3.8) is 0 Å².